The van der Waals surface area contributed by atoms with Crippen LogP contribution in [0, 0.1) is 30.5 Å². The van der Waals surface area contributed by atoms with Gasteiger partial charge >= 0.3 is 0 Å². The molecule has 4 atom stereocenters. The zero-order valence-electron chi connectivity index (χ0n) is 15.9. The highest BCUT2D eigenvalue weighted by molar-refractivity contribution is 5.83. The van der Waals surface area contributed by atoms with Crippen LogP contribution in [-0.4, -0.2) is 10.8 Å². The Bertz CT molecular complexity index is 860. The van der Waals surface area contributed by atoms with Gasteiger partial charge in [-0.15, -0.1) is 0 Å². The molecular formula is C24H26FNO. The summed E-state index contributed by atoms with van der Waals surface area (Å²) in [7, 11) is 0. The first kappa shape index (κ1) is 18.0. The zero-order valence-corrected chi connectivity index (χ0v) is 15.9. The lowest BCUT2D eigenvalue weighted by Crippen LogP contribution is -2.31. The number of aryl methyl sites for hydroxylation is 1. The Morgan fingerprint density at radius 3 is 2.67 bits per heavy atom. The molecule has 0 radical (unpaired) electrons. The third-order valence-corrected chi connectivity index (χ3v) is 6.18. The van der Waals surface area contributed by atoms with Gasteiger partial charge in [-0.1, -0.05) is 73.5 Å². The Morgan fingerprint density at radius 2 is 1.93 bits per heavy atom. The number of likely N-dealkylation sites (tertiary alicyclic amines) is 1. The molecule has 1 amide bonds. The van der Waals surface area contributed by atoms with E-state index in [9.17, 15) is 9.18 Å². The number of hydrogen-bond acceptors (Lipinski definition) is 1. The first-order valence-electron chi connectivity index (χ1n) is 9.87. The number of amides is 1. The van der Waals surface area contributed by atoms with Gasteiger partial charge in [-0.05, 0) is 30.9 Å². The van der Waals surface area contributed by atoms with E-state index in [1.165, 1.54) is 6.07 Å². The standard InChI is InChI=1S/C24H26FNO/c1-3-18-10-7-11-19-22(18)24(27)26(15-17-8-5-4-6-9-17)23(19)20-14-16(2)12-13-21(20)25/h4-9,11-14,18-19,22-23H,3,10,15H2,1-2H3/t18-,19+,22+,23+/m0/s1. The van der Waals surface area contributed by atoms with Crippen LogP contribution in [0.2, 0.25) is 0 Å². The minimum Gasteiger partial charge on any atom is -0.330 e. The molecule has 140 valence electrons. The number of fused-ring (bicyclic) bond motifs is 1. The largest absolute Gasteiger partial charge is 0.330 e. The van der Waals surface area contributed by atoms with E-state index >= 15 is 0 Å². The summed E-state index contributed by atoms with van der Waals surface area (Å²) in [6.07, 6.45) is 6.26. The summed E-state index contributed by atoms with van der Waals surface area (Å²) in [6.45, 7) is 4.65. The van der Waals surface area contributed by atoms with E-state index in [1.54, 1.807) is 6.07 Å². The van der Waals surface area contributed by atoms with E-state index in [1.807, 2.05) is 48.2 Å². The Kier molecular flexibility index (Phi) is 4.86. The van der Waals surface area contributed by atoms with Crippen LogP contribution in [0.4, 0.5) is 4.39 Å². The Morgan fingerprint density at radius 1 is 1.15 bits per heavy atom. The Labute approximate surface area is 160 Å². The van der Waals surface area contributed by atoms with Gasteiger partial charge in [-0.3, -0.25) is 4.79 Å². The fourth-order valence-electron chi connectivity index (χ4n) is 4.84. The Balaban J connectivity index is 1.80. The van der Waals surface area contributed by atoms with E-state index in [0.717, 1.165) is 24.0 Å². The van der Waals surface area contributed by atoms with Crippen LogP contribution in [0.1, 0.15) is 42.5 Å². The number of carbonyl (C=O) groups is 1. The van der Waals surface area contributed by atoms with Crippen molar-refractivity contribution in [2.24, 2.45) is 17.8 Å². The van der Waals surface area contributed by atoms with Crippen LogP contribution in [0.15, 0.2) is 60.7 Å². The molecule has 2 aromatic carbocycles. The van der Waals surface area contributed by atoms with Crippen LogP contribution in [0.25, 0.3) is 0 Å². The van der Waals surface area contributed by atoms with Crippen molar-refractivity contribution < 1.29 is 9.18 Å². The SMILES string of the molecule is CC[C@H]1CC=C[C@@H]2[C@@H]1C(=O)N(Cc1ccccc1)[C@H]2c1cc(C)ccc1F. The second-order valence-corrected chi connectivity index (χ2v) is 7.86. The summed E-state index contributed by atoms with van der Waals surface area (Å²) in [5, 5.41) is 0. The number of halogens is 1. The summed E-state index contributed by atoms with van der Waals surface area (Å²) in [4.78, 5) is 15.4. The van der Waals surface area contributed by atoms with Crippen molar-refractivity contribution in [3.8, 4) is 0 Å². The van der Waals surface area contributed by atoms with Crippen LogP contribution in [0.3, 0.4) is 0 Å². The van der Waals surface area contributed by atoms with Gasteiger partial charge in [0.2, 0.25) is 5.91 Å². The normalized spacial score (nSPS) is 27.1. The van der Waals surface area contributed by atoms with E-state index in [-0.39, 0.29) is 29.6 Å². The maximum absolute atomic E-state index is 14.8. The fraction of sp³-hybridized carbons (Fsp3) is 0.375. The third-order valence-electron chi connectivity index (χ3n) is 6.18. The van der Waals surface area contributed by atoms with Crippen molar-refractivity contribution in [1.29, 1.82) is 0 Å². The summed E-state index contributed by atoms with van der Waals surface area (Å²) in [6, 6.07) is 15.0. The summed E-state index contributed by atoms with van der Waals surface area (Å²) >= 11 is 0. The van der Waals surface area contributed by atoms with Crippen LogP contribution >= 0.6 is 0 Å². The second kappa shape index (κ2) is 7.30. The molecule has 0 N–H and O–H groups in total. The van der Waals surface area contributed by atoms with Gasteiger partial charge in [0, 0.05) is 23.9 Å². The highest BCUT2D eigenvalue weighted by Crippen LogP contribution is 2.50. The predicted molar refractivity (Wildman–Crippen MR) is 105 cm³/mol. The monoisotopic (exact) mass is 363 g/mol. The second-order valence-electron chi connectivity index (χ2n) is 7.86. The highest BCUT2D eigenvalue weighted by atomic mass is 19.1. The van der Waals surface area contributed by atoms with Gasteiger partial charge in [0.15, 0.2) is 0 Å². The first-order valence-corrected chi connectivity index (χ1v) is 9.87. The van der Waals surface area contributed by atoms with Gasteiger partial charge in [0.05, 0.1) is 6.04 Å². The molecule has 1 aliphatic carbocycles. The number of benzene rings is 2. The molecule has 0 unspecified atom stereocenters. The molecular weight excluding hydrogens is 337 g/mol. The van der Waals surface area contributed by atoms with Crippen molar-refractivity contribution in [1.82, 2.24) is 4.90 Å². The number of allylic oxidation sites excluding steroid dienone is 1. The zero-order chi connectivity index (χ0) is 19.0. The molecule has 1 aliphatic heterocycles. The molecule has 1 fully saturated rings. The van der Waals surface area contributed by atoms with Gasteiger partial charge in [0.25, 0.3) is 0 Å². The van der Waals surface area contributed by atoms with Gasteiger partial charge in [0.1, 0.15) is 5.82 Å². The molecule has 2 aliphatic rings. The topological polar surface area (TPSA) is 20.3 Å². The van der Waals surface area contributed by atoms with E-state index < -0.39 is 0 Å². The van der Waals surface area contributed by atoms with E-state index in [2.05, 4.69) is 19.1 Å². The van der Waals surface area contributed by atoms with Gasteiger partial charge in [-0.25, -0.2) is 4.39 Å². The molecule has 0 aromatic heterocycles. The van der Waals surface area contributed by atoms with Crippen molar-refractivity contribution in [3.63, 3.8) is 0 Å². The van der Waals surface area contributed by atoms with Gasteiger partial charge < -0.3 is 4.90 Å². The third kappa shape index (κ3) is 3.20. The molecule has 1 heterocycles. The fourth-order valence-corrected chi connectivity index (χ4v) is 4.84. The lowest BCUT2D eigenvalue weighted by atomic mass is 9.73. The molecule has 0 bridgehead atoms. The molecule has 4 rings (SSSR count). The summed E-state index contributed by atoms with van der Waals surface area (Å²) in [5.74, 6) is 0.281. The lowest BCUT2D eigenvalue weighted by molar-refractivity contribution is -0.134. The quantitative estimate of drug-likeness (QED) is 0.663. The predicted octanol–water partition coefficient (Wildman–Crippen LogP) is 5.44. The van der Waals surface area contributed by atoms with E-state index in [4.69, 9.17) is 0 Å². The molecule has 27 heavy (non-hydrogen) atoms. The van der Waals surface area contributed by atoms with Gasteiger partial charge in [-0.2, -0.15) is 0 Å². The van der Waals surface area contributed by atoms with Crippen molar-refractivity contribution >= 4 is 5.91 Å². The smallest absolute Gasteiger partial charge is 0.227 e. The maximum atomic E-state index is 14.8. The number of carbonyl (C=O) groups excluding carboxylic acids is 1. The van der Waals surface area contributed by atoms with Crippen LogP contribution < -0.4 is 0 Å². The highest BCUT2D eigenvalue weighted by Gasteiger charge is 2.51. The average Bonchev–Trinajstić information content (AvgIpc) is 2.96. The molecule has 2 aromatic rings. The molecule has 0 saturated carbocycles. The Hall–Kier alpha value is -2.42. The molecule has 0 spiro atoms. The van der Waals surface area contributed by atoms with Crippen LogP contribution in [0.5, 0.6) is 0 Å². The lowest BCUT2D eigenvalue weighted by Gasteiger charge is -2.30. The van der Waals surface area contributed by atoms with Crippen molar-refractivity contribution in [2.45, 2.75) is 39.3 Å². The molecule has 2 nitrogen and oxygen atoms in total. The van der Waals surface area contributed by atoms with Crippen molar-refractivity contribution in [3.05, 3.63) is 83.2 Å². The molecule has 1 saturated heterocycles. The maximum Gasteiger partial charge on any atom is 0.227 e. The average molecular weight is 363 g/mol. The van der Waals surface area contributed by atoms with Crippen LogP contribution in [-0.2, 0) is 11.3 Å². The number of rotatable bonds is 4. The minimum atomic E-state index is -0.242. The molecule has 3 heteroatoms. The summed E-state index contributed by atoms with van der Waals surface area (Å²) < 4.78 is 14.8. The number of nitrogens with zero attached hydrogens (tertiary/aromatic N) is 1. The van der Waals surface area contributed by atoms with Crippen molar-refractivity contribution in [2.75, 3.05) is 0 Å². The first-order chi connectivity index (χ1) is 13.1. The van der Waals surface area contributed by atoms with E-state index in [0.29, 0.717) is 18.0 Å². The number of hydrogen-bond donors (Lipinski definition) is 0. The summed E-state index contributed by atoms with van der Waals surface area (Å²) in [5.41, 5.74) is 2.75. The minimum absolute atomic E-state index is 0.0382.